The summed E-state index contributed by atoms with van der Waals surface area (Å²) in [6.45, 7) is 2.71. The Bertz CT molecular complexity index is 342. The molecule has 15 heavy (non-hydrogen) atoms. The van der Waals surface area contributed by atoms with E-state index in [2.05, 4.69) is 25.8 Å². The molecule has 1 aliphatic rings. The number of halogens is 2. The second-order valence-corrected chi connectivity index (χ2v) is 4.40. The van der Waals surface area contributed by atoms with Crippen LogP contribution >= 0.6 is 15.9 Å². The Hall–Kier alpha value is -0.680. The fourth-order valence-corrected chi connectivity index (χ4v) is 1.89. The average Bonchev–Trinajstić information content (AvgIpc) is 2.73. The quantitative estimate of drug-likeness (QED) is 0.792. The van der Waals surface area contributed by atoms with Crippen LogP contribution in [0.5, 0.6) is 5.75 Å². The van der Waals surface area contributed by atoms with Crippen LogP contribution in [0.25, 0.3) is 0 Å². The maximum Gasteiger partial charge on any atom is 0.227 e. The molecule has 0 amide bonds. The summed E-state index contributed by atoms with van der Waals surface area (Å²) in [4.78, 5) is 5.79. The monoisotopic (exact) mass is 274 g/mol. The van der Waals surface area contributed by atoms with Crippen LogP contribution in [0.4, 0.5) is 4.39 Å². The summed E-state index contributed by atoms with van der Waals surface area (Å²) in [7, 11) is 0. The lowest BCUT2D eigenvalue weighted by Crippen LogP contribution is -2.24. The van der Waals surface area contributed by atoms with Gasteiger partial charge >= 0.3 is 0 Å². The molecule has 0 aromatic carbocycles. The maximum atomic E-state index is 12.8. The van der Waals surface area contributed by atoms with Crippen molar-refractivity contribution in [2.24, 2.45) is 0 Å². The fourth-order valence-electron chi connectivity index (χ4n) is 1.56. The predicted octanol–water partition coefficient (Wildman–Crippen LogP) is 2.42. The molecule has 1 saturated heterocycles. The molecule has 2 rings (SSSR count). The Kier molecular flexibility index (Phi) is 3.53. The van der Waals surface area contributed by atoms with Crippen molar-refractivity contribution in [1.82, 2.24) is 9.88 Å². The molecule has 0 atom stereocenters. The number of rotatable bonds is 3. The molecule has 1 aromatic heterocycles. The number of pyridine rings is 1. The molecular formula is C10H12BrFN2O. The molecule has 0 N–H and O–H groups in total. The highest BCUT2D eigenvalue weighted by Crippen LogP contribution is 2.19. The van der Waals surface area contributed by atoms with Gasteiger partial charge in [0.2, 0.25) is 5.95 Å². The Morgan fingerprint density at radius 2 is 2.20 bits per heavy atom. The second kappa shape index (κ2) is 4.90. The molecule has 0 radical (unpaired) electrons. The molecule has 0 spiro atoms. The lowest BCUT2D eigenvalue weighted by molar-refractivity contribution is 0.151. The summed E-state index contributed by atoms with van der Waals surface area (Å²) >= 11 is 3.07. The van der Waals surface area contributed by atoms with Crippen molar-refractivity contribution in [3.63, 3.8) is 0 Å². The lowest BCUT2D eigenvalue weighted by Gasteiger charge is -2.15. The zero-order valence-corrected chi connectivity index (χ0v) is 9.83. The molecule has 1 fully saturated rings. The van der Waals surface area contributed by atoms with Crippen LogP contribution in [-0.2, 0) is 0 Å². The third kappa shape index (κ3) is 2.89. The number of ether oxygens (including phenoxy) is 1. The summed E-state index contributed by atoms with van der Waals surface area (Å²) in [6, 6.07) is 1.60. The highest BCUT2D eigenvalue weighted by Gasteiger charge is 2.11. The number of nitrogens with zero attached hydrogens (tertiary/aromatic N) is 2. The summed E-state index contributed by atoms with van der Waals surface area (Å²) in [6.07, 6.45) is 3.86. The van der Waals surface area contributed by atoms with Gasteiger partial charge in [0.25, 0.3) is 0 Å². The van der Waals surface area contributed by atoms with Crippen molar-refractivity contribution in [3.8, 4) is 5.75 Å². The van der Waals surface area contributed by atoms with Gasteiger partial charge in [0.1, 0.15) is 12.5 Å². The average molecular weight is 275 g/mol. The fraction of sp³-hybridized carbons (Fsp3) is 0.500. The van der Waals surface area contributed by atoms with E-state index >= 15 is 0 Å². The van der Waals surface area contributed by atoms with Crippen LogP contribution in [0.3, 0.4) is 0 Å². The van der Waals surface area contributed by atoms with Crippen LogP contribution in [0.2, 0.25) is 0 Å². The Labute approximate surface area is 96.4 Å². The van der Waals surface area contributed by atoms with Gasteiger partial charge in [0.15, 0.2) is 0 Å². The van der Waals surface area contributed by atoms with E-state index in [1.807, 2.05) is 0 Å². The Balaban J connectivity index is 1.90. The van der Waals surface area contributed by atoms with Crippen molar-refractivity contribution in [3.05, 3.63) is 22.7 Å². The lowest BCUT2D eigenvalue weighted by atomic mass is 10.4. The number of hydrogen-bond acceptors (Lipinski definition) is 3. The highest BCUT2D eigenvalue weighted by atomic mass is 79.9. The van der Waals surface area contributed by atoms with Crippen molar-refractivity contribution in [1.29, 1.82) is 0 Å². The summed E-state index contributed by atoms with van der Waals surface area (Å²) in [5.74, 6) is 0.0821. The van der Waals surface area contributed by atoms with Crippen LogP contribution < -0.4 is 4.74 Å². The third-order valence-corrected chi connectivity index (χ3v) is 2.94. The van der Waals surface area contributed by atoms with Gasteiger partial charge in [0, 0.05) is 19.2 Å². The molecule has 0 bridgehead atoms. The number of aromatic nitrogens is 1. The number of hydrogen-bond donors (Lipinski definition) is 0. The number of likely N-dealkylation sites (tertiary alicyclic amines) is 1. The largest absolute Gasteiger partial charge is 0.476 e. The van der Waals surface area contributed by atoms with Gasteiger partial charge in [-0.2, -0.15) is 4.39 Å². The maximum absolute atomic E-state index is 12.8. The van der Waals surface area contributed by atoms with Gasteiger partial charge in [0.05, 0.1) is 10.7 Å². The van der Waals surface area contributed by atoms with Crippen molar-refractivity contribution in [2.45, 2.75) is 12.8 Å². The van der Waals surface area contributed by atoms with Crippen molar-refractivity contribution in [2.75, 3.05) is 19.8 Å². The van der Waals surface area contributed by atoms with Crippen LogP contribution in [0.15, 0.2) is 16.7 Å². The topological polar surface area (TPSA) is 25.4 Å². The first-order chi connectivity index (χ1) is 7.25. The van der Waals surface area contributed by atoms with E-state index in [1.165, 1.54) is 19.0 Å². The van der Waals surface area contributed by atoms with Crippen molar-refractivity contribution >= 4 is 15.9 Å². The minimum absolute atomic E-state index is 0.335. The van der Waals surface area contributed by atoms with Crippen molar-refractivity contribution < 1.29 is 9.13 Å². The van der Waals surface area contributed by atoms with Crippen LogP contribution in [-0.4, -0.2) is 29.7 Å². The van der Waals surface area contributed by atoms with Gasteiger partial charge < -0.3 is 4.74 Å². The zero-order valence-electron chi connectivity index (χ0n) is 8.25. The molecule has 3 nitrogen and oxygen atoms in total. The minimum atomic E-state index is -0.511. The Morgan fingerprint density at radius 3 is 2.87 bits per heavy atom. The molecule has 0 aliphatic carbocycles. The minimum Gasteiger partial charge on any atom is -0.476 e. The molecule has 1 aromatic rings. The van der Waals surface area contributed by atoms with E-state index in [-0.39, 0.29) is 0 Å². The van der Waals surface area contributed by atoms with E-state index < -0.39 is 5.95 Å². The Morgan fingerprint density at radius 1 is 1.47 bits per heavy atom. The van der Waals surface area contributed by atoms with Gasteiger partial charge in [-0.25, -0.2) is 4.98 Å². The van der Waals surface area contributed by atoms with Gasteiger partial charge in [-0.1, -0.05) is 0 Å². The highest BCUT2D eigenvalue weighted by molar-refractivity contribution is 9.10. The summed E-state index contributed by atoms with van der Waals surface area (Å²) < 4.78 is 18.6. The van der Waals surface area contributed by atoms with E-state index in [0.29, 0.717) is 17.0 Å². The van der Waals surface area contributed by atoms with E-state index in [1.54, 1.807) is 6.07 Å². The summed E-state index contributed by atoms with van der Waals surface area (Å²) in [5, 5.41) is 0. The van der Waals surface area contributed by atoms with E-state index in [0.717, 1.165) is 13.1 Å². The molecule has 0 unspecified atom stereocenters. The normalized spacial score (nSPS) is 16.9. The first kappa shape index (κ1) is 10.8. The van der Waals surface area contributed by atoms with Gasteiger partial charge in [-0.15, -0.1) is 0 Å². The molecule has 2 heterocycles. The summed E-state index contributed by atoms with van der Waals surface area (Å²) in [5.41, 5.74) is 0. The molecule has 0 saturated carbocycles. The molecule has 82 valence electrons. The smallest absolute Gasteiger partial charge is 0.227 e. The van der Waals surface area contributed by atoms with E-state index in [9.17, 15) is 4.39 Å². The van der Waals surface area contributed by atoms with Crippen LogP contribution in [0.1, 0.15) is 12.8 Å². The third-order valence-electron chi connectivity index (χ3n) is 2.38. The SMILES string of the molecule is Fc1ncc(OCN2CCCC2)cc1Br. The predicted molar refractivity (Wildman–Crippen MR) is 58.2 cm³/mol. The van der Waals surface area contributed by atoms with Crippen LogP contribution in [0, 0.1) is 5.95 Å². The molecule has 5 heteroatoms. The van der Waals surface area contributed by atoms with Gasteiger partial charge in [-0.05, 0) is 28.8 Å². The zero-order chi connectivity index (χ0) is 10.7. The second-order valence-electron chi connectivity index (χ2n) is 3.54. The first-order valence-corrected chi connectivity index (χ1v) is 5.71. The first-order valence-electron chi connectivity index (χ1n) is 4.92. The van der Waals surface area contributed by atoms with E-state index in [4.69, 9.17) is 4.74 Å². The molecular weight excluding hydrogens is 263 g/mol. The molecule has 1 aliphatic heterocycles. The van der Waals surface area contributed by atoms with Gasteiger partial charge in [-0.3, -0.25) is 4.90 Å². The standard InChI is InChI=1S/C10H12BrFN2O/c11-9-5-8(6-13-10(9)12)15-7-14-3-1-2-4-14/h5-6H,1-4,7H2.